The third-order valence-electron chi connectivity index (χ3n) is 21.9. The van der Waals surface area contributed by atoms with Crippen molar-refractivity contribution in [1.82, 2.24) is 0 Å². The molecule has 8 aromatic carbocycles. The fourth-order valence-electron chi connectivity index (χ4n) is 14.2. The molecule has 133 heavy (non-hydrogen) atoms. The highest BCUT2D eigenvalue weighted by atomic mass is 16.7. The van der Waals surface area contributed by atoms with Crippen molar-refractivity contribution in [2.75, 3.05) is 27.2 Å². The maximum Gasteiger partial charge on any atom is 0.311 e. The summed E-state index contributed by atoms with van der Waals surface area (Å²) in [6.45, 7) is 15.8. The van der Waals surface area contributed by atoms with Crippen molar-refractivity contribution < 1.29 is 128 Å². The number of rotatable bonds is 56. The maximum atomic E-state index is 12.5. The van der Waals surface area contributed by atoms with Crippen LogP contribution in [0.25, 0.3) is 0 Å². The van der Waals surface area contributed by atoms with E-state index in [-0.39, 0.29) is 147 Å². The van der Waals surface area contributed by atoms with Crippen molar-refractivity contribution in [3.05, 3.63) is 235 Å². The van der Waals surface area contributed by atoms with Gasteiger partial charge in [0.2, 0.25) is 27.2 Å². The van der Waals surface area contributed by atoms with E-state index >= 15 is 0 Å². The van der Waals surface area contributed by atoms with Gasteiger partial charge in [0.25, 0.3) is 0 Å². The van der Waals surface area contributed by atoms with Gasteiger partial charge in [-0.3, -0.25) is 38.4 Å². The van der Waals surface area contributed by atoms with E-state index in [4.69, 9.17) is 48.9 Å². The van der Waals surface area contributed by atoms with Gasteiger partial charge in [-0.05, 0) is 340 Å². The number of unbranched alkanes of at least 4 members (excludes halogenated alkanes) is 4. The van der Waals surface area contributed by atoms with Crippen LogP contribution < -0.4 is 0 Å². The molecule has 0 spiro atoms. The second-order valence-corrected chi connectivity index (χ2v) is 32.5. The molecule has 8 N–H and O–H groups in total. The number of aromatic hydroxyl groups is 8. The fourth-order valence-corrected chi connectivity index (χ4v) is 14.2. The fraction of sp³-hybridized carbons (Fsp3) is 0.486. The van der Waals surface area contributed by atoms with E-state index in [2.05, 4.69) is 27.7 Å². The lowest BCUT2D eigenvalue weighted by Crippen LogP contribution is -2.20. The lowest BCUT2D eigenvalue weighted by atomic mass is 9.94. The summed E-state index contributed by atoms with van der Waals surface area (Å²) in [6, 6.07) is 32.5. The van der Waals surface area contributed by atoms with E-state index in [0.29, 0.717) is 96.3 Å². The molecular weight excluding hydrogens is 1690 g/mol. The van der Waals surface area contributed by atoms with Gasteiger partial charge in [-0.25, -0.2) is 0 Å². The molecule has 0 heterocycles. The van der Waals surface area contributed by atoms with Crippen molar-refractivity contribution >= 4 is 47.8 Å². The largest absolute Gasteiger partial charge is 0.508 e. The molecule has 0 aliphatic carbocycles. The van der Waals surface area contributed by atoms with Crippen LogP contribution in [-0.2, 0) is 179 Å². The Bertz CT molecular complexity index is 4900. The third kappa shape index (κ3) is 45.7. The Balaban J connectivity index is 0.000000331. The summed E-state index contributed by atoms with van der Waals surface area (Å²) in [5.41, 5.74) is 13.9. The zero-order valence-corrected chi connectivity index (χ0v) is 79.1. The van der Waals surface area contributed by atoms with E-state index in [9.17, 15) is 79.2 Å². The lowest BCUT2D eigenvalue weighted by Gasteiger charge is -2.15. The van der Waals surface area contributed by atoms with Crippen molar-refractivity contribution in [2.45, 2.75) is 313 Å². The summed E-state index contributed by atoms with van der Waals surface area (Å²) in [5.74, 6) is -4.40. The molecule has 5 atom stereocenters. The van der Waals surface area contributed by atoms with Crippen LogP contribution in [0.2, 0.25) is 0 Å². The van der Waals surface area contributed by atoms with Gasteiger partial charge < -0.3 is 78.7 Å². The molecule has 24 heteroatoms. The summed E-state index contributed by atoms with van der Waals surface area (Å²) in [7, 11) is 0. The van der Waals surface area contributed by atoms with Crippen LogP contribution in [0, 0.1) is 5.92 Å². The lowest BCUT2D eigenvalue weighted by molar-refractivity contribution is -0.171. The second kappa shape index (κ2) is 64.7. The standard InChI is InChI=1S/C28H38O6.3C27H36O6/c1-4-6-8-22-17-25(29)13-10-21(22)12-15-27(31)33-19-34-28(32)20(3)16-24-11-14-26(30)18-23(24)9-7-5-2;3*1-3-5-7-22-17-24(28)13-9-20(22)11-15-26(30)32-19-33-27(31)16-12-21-10-14-25(29)18-23(21)8-6-4-2/h10-11,13-14,17-18,20,29-30H,4-9,12,15-16,19H2,1-3H3;3*9-10,13-14,17-18,28-29H,3-8,11-12,15-16,19H2,1-2H3/i7T,14T;3*5T,13T. The summed E-state index contributed by atoms with van der Waals surface area (Å²) < 4.78 is 104. The van der Waals surface area contributed by atoms with Crippen LogP contribution in [0.1, 0.15) is 310 Å². The molecule has 24 nitrogen and oxygen atoms in total. The third-order valence-corrected chi connectivity index (χ3v) is 21.9. The minimum atomic E-state index is -0.560. The average molecular weight is 1860 g/mol. The van der Waals surface area contributed by atoms with Crippen molar-refractivity contribution in [2.24, 2.45) is 5.92 Å². The van der Waals surface area contributed by atoms with E-state index < -0.39 is 80.8 Å². The Morgan fingerprint density at radius 1 is 0.241 bits per heavy atom. The Kier molecular flexibility index (Phi) is 47.9. The molecule has 0 saturated heterocycles. The van der Waals surface area contributed by atoms with Crippen LogP contribution in [0.4, 0.5) is 0 Å². The molecule has 0 aromatic heterocycles. The summed E-state index contributed by atoms with van der Waals surface area (Å²) in [4.78, 5) is 97.3. The van der Waals surface area contributed by atoms with Crippen molar-refractivity contribution in [3.63, 3.8) is 0 Å². The SMILES string of the molecule is [3H]c1cc(CC(C)C(=O)OCOC(=O)CCc2ccc(O)cc2CCCC)c(CC([3H])CC)cc1O.[3H]c1cc(CCC(=O)OCOC(=O)CCc2ccc(O)cc2CCCC)c(CC([3H])CC)cc1O.[3H]c1cc(CCC(=O)OCOC(=O)CCc2ccc(O)cc2CCCC)c(CC([3H])CC)cc1O.[3H]c1cc(CCC(=O)OCOC(=O)CCc2ccc(O)cc2CCCC)c(CC([3H])CC)cc1O. The Morgan fingerprint density at radius 3 is 0.647 bits per heavy atom. The highest BCUT2D eigenvalue weighted by Crippen LogP contribution is 2.30. The molecule has 726 valence electrons. The number of ether oxygens (including phenoxy) is 8. The van der Waals surface area contributed by atoms with Crippen molar-refractivity contribution in [3.8, 4) is 46.0 Å². The predicted octanol–water partition coefficient (Wildman–Crippen LogP) is 21.8. The first-order valence-electron chi connectivity index (χ1n) is 51.1. The Morgan fingerprint density at radius 2 is 0.429 bits per heavy atom. The molecule has 8 rings (SSSR count). The first kappa shape index (κ1) is 98.4. The van der Waals surface area contributed by atoms with Gasteiger partial charge in [0.15, 0.2) is 0 Å². The molecule has 0 fully saturated rings. The molecule has 8 aromatic rings. The predicted molar refractivity (Wildman–Crippen MR) is 513 cm³/mol. The highest BCUT2D eigenvalue weighted by molar-refractivity contribution is 5.75. The van der Waals surface area contributed by atoms with Crippen LogP contribution in [0.3, 0.4) is 0 Å². The minimum absolute atomic E-state index is 0.0256. The minimum Gasteiger partial charge on any atom is -0.508 e. The topological polar surface area (TPSA) is 372 Å². The first-order valence-corrected chi connectivity index (χ1v) is 46.8. The van der Waals surface area contributed by atoms with E-state index in [0.717, 1.165) is 166 Å². The van der Waals surface area contributed by atoms with Gasteiger partial charge in [-0.2, -0.15) is 0 Å². The second-order valence-electron chi connectivity index (χ2n) is 32.5. The number of carbonyl (C=O) groups excluding carboxylic acids is 8. The normalized spacial score (nSPS) is 12.8. The van der Waals surface area contributed by atoms with Crippen LogP contribution in [-0.4, -0.2) is 116 Å². The molecule has 0 amide bonds. The van der Waals surface area contributed by atoms with Crippen LogP contribution in [0.5, 0.6) is 46.0 Å². The molecule has 0 saturated carbocycles. The number of phenolic OH excluding ortho intramolecular Hbond substituents is 8. The molecule has 0 bridgehead atoms. The van der Waals surface area contributed by atoms with Crippen LogP contribution >= 0.6 is 0 Å². The summed E-state index contributed by atoms with van der Waals surface area (Å²) >= 11 is 0. The molecule has 0 radical (unpaired) electrons. The smallest absolute Gasteiger partial charge is 0.311 e. The van der Waals surface area contributed by atoms with Crippen molar-refractivity contribution in [1.29, 1.82) is 0 Å². The zero-order chi connectivity index (χ0) is 104. The quantitative estimate of drug-likeness (QED) is 0.00997. The molecule has 5 unspecified atom stereocenters. The van der Waals surface area contributed by atoms with Gasteiger partial charge in [0.1, 0.15) is 46.0 Å². The number of phenols is 8. The number of hydrogen-bond donors (Lipinski definition) is 8. The van der Waals surface area contributed by atoms with Gasteiger partial charge in [-0.1, -0.05) is 162 Å². The number of carbonyl (C=O) groups is 8. The van der Waals surface area contributed by atoms with Gasteiger partial charge in [0, 0.05) is 50.4 Å². The summed E-state index contributed by atoms with van der Waals surface area (Å²) in [6.07, 6.45) is 18.1. The molecular formula is C109H146O24. The van der Waals surface area contributed by atoms with Crippen LogP contribution in [0.15, 0.2) is 145 Å². The Hall–Kier alpha value is -12.1. The maximum absolute atomic E-state index is 12.5. The first-order chi connectivity index (χ1) is 67.3. The Labute approximate surface area is 798 Å². The van der Waals surface area contributed by atoms with Gasteiger partial charge in [0.05, 0.1) is 11.4 Å². The number of esters is 8. The monoisotopic (exact) mass is 1860 g/mol. The number of benzene rings is 8. The summed E-state index contributed by atoms with van der Waals surface area (Å²) in [5, 5.41) is 78.3. The average Bonchev–Trinajstić information content (AvgIpc) is 0.815. The van der Waals surface area contributed by atoms with E-state index in [1.807, 2.05) is 52.0 Å². The molecule has 0 aliphatic rings. The zero-order valence-electron chi connectivity index (χ0n) is 87.1. The van der Waals surface area contributed by atoms with E-state index in [1.54, 1.807) is 55.5 Å². The number of hydrogen-bond acceptors (Lipinski definition) is 24. The van der Waals surface area contributed by atoms with Gasteiger partial charge in [-0.15, -0.1) is 0 Å². The van der Waals surface area contributed by atoms with Gasteiger partial charge >= 0.3 is 47.8 Å². The highest BCUT2D eigenvalue weighted by Gasteiger charge is 2.21. The molecule has 0 aliphatic heterocycles. The number of aryl methyl sites for hydroxylation is 15. The van der Waals surface area contributed by atoms with E-state index in [1.165, 1.54) is 48.5 Å².